The number of benzene rings is 1. The Morgan fingerprint density at radius 3 is 2.35 bits per heavy atom. The van der Waals surface area contributed by atoms with E-state index >= 15 is 0 Å². The first-order valence-electron chi connectivity index (χ1n) is 8.39. The molecule has 0 bridgehead atoms. The molecule has 2 unspecified atom stereocenters. The summed E-state index contributed by atoms with van der Waals surface area (Å²) in [6.07, 6.45) is 1.76. The van der Waals surface area contributed by atoms with Crippen molar-refractivity contribution in [2.75, 3.05) is 32.8 Å². The summed E-state index contributed by atoms with van der Waals surface area (Å²) in [7, 11) is 0. The minimum Gasteiger partial charge on any atom is -0.494 e. The minimum atomic E-state index is -0.690. The summed E-state index contributed by atoms with van der Waals surface area (Å²) in [6.45, 7) is 7.78. The normalized spacial score (nSPS) is 21.8. The molecule has 5 nitrogen and oxygen atoms in total. The van der Waals surface area contributed by atoms with E-state index in [0.717, 1.165) is 44.0 Å². The number of aliphatic carboxylic acids is 1. The van der Waals surface area contributed by atoms with Crippen molar-refractivity contribution in [3.05, 3.63) is 24.3 Å². The van der Waals surface area contributed by atoms with Crippen LogP contribution in [0.2, 0.25) is 0 Å². The second kappa shape index (κ2) is 8.77. The first-order valence-corrected chi connectivity index (χ1v) is 8.39. The van der Waals surface area contributed by atoms with Crippen LogP contribution in [0, 0.1) is 11.8 Å². The van der Waals surface area contributed by atoms with E-state index in [1.54, 1.807) is 0 Å². The van der Waals surface area contributed by atoms with Crippen LogP contribution in [-0.2, 0) is 4.79 Å². The smallest absolute Gasteiger partial charge is 0.307 e. The van der Waals surface area contributed by atoms with Crippen LogP contribution in [0.25, 0.3) is 0 Å². The highest BCUT2D eigenvalue weighted by Gasteiger charge is 2.29. The van der Waals surface area contributed by atoms with E-state index in [1.165, 1.54) is 0 Å². The molecule has 1 N–H and O–H groups in total. The zero-order chi connectivity index (χ0) is 16.7. The average molecular weight is 321 g/mol. The molecule has 0 amide bonds. The largest absolute Gasteiger partial charge is 0.494 e. The molecule has 23 heavy (non-hydrogen) atoms. The molecule has 1 aliphatic rings. The minimum absolute atomic E-state index is 0.256. The van der Waals surface area contributed by atoms with Crippen LogP contribution in [0.5, 0.6) is 11.5 Å². The van der Waals surface area contributed by atoms with Gasteiger partial charge >= 0.3 is 5.97 Å². The van der Waals surface area contributed by atoms with Crippen molar-refractivity contribution in [2.45, 2.75) is 26.7 Å². The Hall–Kier alpha value is -1.75. The van der Waals surface area contributed by atoms with Gasteiger partial charge in [0.15, 0.2) is 0 Å². The molecule has 1 aliphatic heterocycles. The Kier molecular flexibility index (Phi) is 6.71. The Labute approximate surface area is 138 Å². The number of hydrogen-bond donors (Lipinski definition) is 1. The molecular weight excluding hydrogens is 294 g/mol. The Bertz CT molecular complexity index is 488. The quantitative estimate of drug-likeness (QED) is 0.798. The molecule has 1 aromatic rings. The lowest BCUT2D eigenvalue weighted by molar-refractivity contribution is -0.144. The average Bonchev–Trinajstić information content (AvgIpc) is 2.53. The summed E-state index contributed by atoms with van der Waals surface area (Å²) in [4.78, 5) is 13.4. The molecule has 1 heterocycles. The van der Waals surface area contributed by atoms with Crippen LogP contribution < -0.4 is 9.47 Å². The fraction of sp³-hybridized carbons (Fsp3) is 0.611. The van der Waals surface area contributed by atoms with Crippen molar-refractivity contribution in [1.29, 1.82) is 0 Å². The van der Waals surface area contributed by atoms with Crippen LogP contribution in [0.1, 0.15) is 26.7 Å². The van der Waals surface area contributed by atoms with Gasteiger partial charge in [-0.25, -0.2) is 0 Å². The number of carboxylic acids is 1. The van der Waals surface area contributed by atoms with Crippen LogP contribution in [0.15, 0.2) is 24.3 Å². The number of ether oxygens (including phenoxy) is 2. The summed E-state index contributed by atoms with van der Waals surface area (Å²) in [5.41, 5.74) is 0. The van der Waals surface area contributed by atoms with E-state index in [9.17, 15) is 9.90 Å². The lowest BCUT2D eigenvalue weighted by atomic mass is 9.90. The van der Waals surface area contributed by atoms with Gasteiger partial charge in [-0.1, -0.05) is 13.8 Å². The van der Waals surface area contributed by atoms with E-state index in [4.69, 9.17) is 9.47 Å². The van der Waals surface area contributed by atoms with Crippen molar-refractivity contribution >= 4 is 5.97 Å². The van der Waals surface area contributed by atoms with E-state index in [-0.39, 0.29) is 5.92 Å². The fourth-order valence-corrected chi connectivity index (χ4v) is 2.97. The summed E-state index contributed by atoms with van der Waals surface area (Å²) >= 11 is 0. The van der Waals surface area contributed by atoms with Gasteiger partial charge in [-0.2, -0.15) is 0 Å². The Morgan fingerprint density at radius 2 is 1.78 bits per heavy atom. The van der Waals surface area contributed by atoms with Crippen molar-refractivity contribution in [1.82, 2.24) is 4.90 Å². The van der Waals surface area contributed by atoms with Gasteiger partial charge in [0.05, 0.1) is 12.5 Å². The lowest BCUT2D eigenvalue weighted by Gasteiger charge is -2.34. The zero-order valence-electron chi connectivity index (χ0n) is 14.0. The predicted molar refractivity (Wildman–Crippen MR) is 89.1 cm³/mol. The lowest BCUT2D eigenvalue weighted by Crippen LogP contribution is -2.44. The molecule has 5 heteroatoms. The van der Waals surface area contributed by atoms with Crippen LogP contribution in [0.4, 0.5) is 0 Å². The fourth-order valence-electron chi connectivity index (χ4n) is 2.97. The molecule has 0 radical (unpaired) electrons. The molecule has 2 atom stereocenters. The van der Waals surface area contributed by atoms with Crippen molar-refractivity contribution in [2.24, 2.45) is 11.8 Å². The predicted octanol–water partition coefficient (Wildman–Crippen LogP) is 2.90. The first-order chi connectivity index (χ1) is 11.1. The van der Waals surface area contributed by atoms with Gasteiger partial charge in [0, 0.05) is 19.6 Å². The number of hydrogen-bond acceptors (Lipinski definition) is 4. The molecule has 2 rings (SSSR count). The number of piperidine rings is 1. The molecule has 1 fully saturated rings. The third kappa shape index (κ3) is 5.75. The molecule has 0 aliphatic carbocycles. The third-order valence-corrected chi connectivity index (χ3v) is 4.06. The topological polar surface area (TPSA) is 59.0 Å². The summed E-state index contributed by atoms with van der Waals surface area (Å²) in [6, 6.07) is 7.64. The van der Waals surface area contributed by atoms with Crippen molar-refractivity contribution in [3.8, 4) is 11.5 Å². The highest BCUT2D eigenvalue weighted by molar-refractivity contribution is 5.70. The highest BCUT2D eigenvalue weighted by atomic mass is 16.5. The molecule has 1 aromatic carbocycles. The summed E-state index contributed by atoms with van der Waals surface area (Å²) in [5.74, 6) is 1.14. The van der Waals surface area contributed by atoms with Gasteiger partial charge in [0.1, 0.15) is 18.1 Å². The molecule has 128 valence electrons. The van der Waals surface area contributed by atoms with Crippen LogP contribution >= 0.6 is 0 Å². The SMILES string of the molecule is CCCOc1ccc(OCCN2CC(C)CC(C(=O)O)C2)cc1. The van der Waals surface area contributed by atoms with Gasteiger partial charge in [0.25, 0.3) is 0 Å². The van der Waals surface area contributed by atoms with Gasteiger partial charge in [0.2, 0.25) is 0 Å². The molecule has 1 saturated heterocycles. The maximum absolute atomic E-state index is 11.2. The van der Waals surface area contributed by atoms with E-state index in [1.807, 2.05) is 24.3 Å². The standard InChI is InChI=1S/C18H27NO4/c1-3-9-22-16-4-6-17(7-5-16)23-10-8-19-12-14(2)11-15(13-19)18(20)21/h4-7,14-15H,3,8-13H2,1-2H3,(H,20,21). The van der Waals surface area contributed by atoms with Crippen LogP contribution in [-0.4, -0.2) is 48.8 Å². The van der Waals surface area contributed by atoms with E-state index in [2.05, 4.69) is 18.7 Å². The number of rotatable bonds is 8. The first kappa shape index (κ1) is 17.6. The van der Waals surface area contributed by atoms with Gasteiger partial charge < -0.3 is 14.6 Å². The molecule has 0 spiro atoms. The number of carboxylic acid groups (broad SMARTS) is 1. The number of carbonyl (C=O) groups is 1. The van der Waals surface area contributed by atoms with Gasteiger partial charge in [-0.15, -0.1) is 0 Å². The van der Waals surface area contributed by atoms with E-state index < -0.39 is 5.97 Å². The number of nitrogens with zero attached hydrogens (tertiary/aromatic N) is 1. The molecule has 0 aromatic heterocycles. The second-order valence-electron chi connectivity index (χ2n) is 6.30. The second-order valence-corrected chi connectivity index (χ2v) is 6.30. The highest BCUT2D eigenvalue weighted by Crippen LogP contribution is 2.22. The van der Waals surface area contributed by atoms with Crippen LogP contribution in [0.3, 0.4) is 0 Å². The van der Waals surface area contributed by atoms with Gasteiger partial charge in [-0.05, 0) is 43.0 Å². The molecular formula is C18H27NO4. The summed E-state index contributed by atoms with van der Waals surface area (Å²) < 4.78 is 11.3. The maximum atomic E-state index is 11.2. The Morgan fingerprint density at radius 1 is 1.17 bits per heavy atom. The Balaban J connectivity index is 1.74. The zero-order valence-corrected chi connectivity index (χ0v) is 14.0. The maximum Gasteiger partial charge on any atom is 0.307 e. The van der Waals surface area contributed by atoms with Crippen molar-refractivity contribution in [3.63, 3.8) is 0 Å². The van der Waals surface area contributed by atoms with Crippen molar-refractivity contribution < 1.29 is 19.4 Å². The third-order valence-electron chi connectivity index (χ3n) is 4.06. The van der Waals surface area contributed by atoms with Gasteiger partial charge in [-0.3, -0.25) is 9.69 Å². The monoisotopic (exact) mass is 321 g/mol. The van der Waals surface area contributed by atoms with E-state index in [0.29, 0.717) is 19.1 Å². The number of likely N-dealkylation sites (tertiary alicyclic amines) is 1. The summed E-state index contributed by atoms with van der Waals surface area (Å²) in [5, 5.41) is 9.20. The molecule has 0 saturated carbocycles.